The number of ether oxygens (including phenoxy) is 1. The fraction of sp³-hybridized carbons (Fsp3) is 0.533. The van der Waals surface area contributed by atoms with Crippen molar-refractivity contribution in [2.24, 2.45) is 0 Å². The van der Waals surface area contributed by atoms with Crippen molar-refractivity contribution in [2.75, 3.05) is 14.2 Å². The van der Waals surface area contributed by atoms with E-state index in [0.29, 0.717) is 35.3 Å². The van der Waals surface area contributed by atoms with Crippen molar-refractivity contribution in [1.29, 1.82) is 0 Å². The Balaban J connectivity index is 3.76. The predicted octanol–water partition coefficient (Wildman–Crippen LogP) is 2.19. The van der Waals surface area contributed by atoms with Gasteiger partial charge in [-0.2, -0.15) is 0 Å². The SMILES string of the molecule is CCCC(C(=O)O)c1c(OC)cc(C)c(S(=O)(=O)NC)c1C. The maximum absolute atomic E-state index is 12.2. The Labute approximate surface area is 131 Å². The molecule has 6 nitrogen and oxygen atoms in total. The van der Waals surface area contributed by atoms with Gasteiger partial charge in [0, 0.05) is 5.56 Å². The fourth-order valence-electron chi connectivity index (χ4n) is 2.74. The Bertz CT molecular complexity index is 667. The summed E-state index contributed by atoms with van der Waals surface area (Å²) < 4.78 is 32.1. The lowest BCUT2D eigenvalue weighted by Crippen LogP contribution is -2.23. The summed E-state index contributed by atoms with van der Waals surface area (Å²) in [5.41, 5.74) is 1.37. The monoisotopic (exact) mass is 329 g/mol. The van der Waals surface area contributed by atoms with Crippen molar-refractivity contribution in [3.8, 4) is 5.75 Å². The van der Waals surface area contributed by atoms with E-state index in [9.17, 15) is 18.3 Å². The van der Waals surface area contributed by atoms with Gasteiger partial charge in [0.2, 0.25) is 10.0 Å². The zero-order valence-corrected chi connectivity index (χ0v) is 14.4. The largest absolute Gasteiger partial charge is 0.496 e. The molecule has 0 heterocycles. The summed E-state index contributed by atoms with van der Waals surface area (Å²) in [7, 11) is -0.894. The molecule has 0 aromatic heterocycles. The van der Waals surface area contributed by atoms with E-state index in [4.69, 9.17) is 4.74 Å². The lowest BCUT2D eigenvalue weighted by Gasteiger charge is -2.22. The molecule has 1 rings (SSSR count). The lowest BCUT2D eigenvalue weighted by molar-refractivity contribution is -0.139. The highest BCUT2D eigenvalue weighted by atomic mass is 32.2. The van der Waals surface area contributed by atoms with Gasteiger partial charge in [-0.15, -0.1) is 0 Å². The van der Waals surface area contributed by atoms with E-state index >= 15 is 0 Å². The molecule has 1 aromatic rings. The number of hydrogen-bond donors (Lipinski definition) is 2. The van der Waals surface area contributed by atoms with Gasteiger partial charge in [-0.05, 0) is 44.5 Å². The molecule has 0 aliphatic carbocycles. The first-order chi connectivity index (χ1) is 10.2. The van der Waals surface area contributed by atoms with Gasteiger partial charge in [-0.3, -0.25) is 4.79 Å². The Morgan fingerprint density at radius 2 is 2.00 bits per heavy atom. The normalized spacial score (nSPS) is 13.0. The van der Waals surface area contributed by atoms with Crippen molar-refractivity contribution in [2.45, 2.75) is 44.4 Å². The van der Waals surface area contributed by atoms with Crippen LogP contribution in [0.1, 0.15) is 42.4 Å². The minimum absolute atomic E-state index is 0.119. The second-order valence-electron chi connectivity index (χ2n) is 5.15. The van der Waals surface area contributed by atoms with Gasteiger partial charge in [-0.25, -0.2) is 13.1 Å². The average Bonchev–Trinajstić information content (AvgIpc) is 2.44. The van der Waals surface area contributed by atoms with E-state index in [-0.39, 0.29) is 4.90 Å². The van der Waals surface area contributed by atoms with E-state index in [1.807, 2.05) is 6.92 Å². The molecule has 0 radical (unpaired) electrons. The molecule has 2 N–H and O–H groups in total. The predicted molar refractivity (Wildman–Crippen MR) is 84.0 cm³/mol. The molecule has 0 fully saturated rings. The van der Waals surface area contributed by atoms with Crippen LogP contribution in [0.2, 0.25) is 0 Å². The molecule has 0 amide bonds. The van der Waals surface area contributed by atoms with Crippen LogP contribution < -0.4 is 9.46 Å². The Morgan fingerprint density at radius 3 is 2.41 bits per heavy atom. The number of sulfonamides is 1. The maximum atomic E-state index is 12.2. The van der Waals surface area contributed by atoms with E-state index in [1.165, 1.54) is 14.2 Å². The maximum Gasteiger partial charge on any atom is 0.311 e. The third-order valence-corrected chi connectivity index (χ3v) is 5.40. The molecule has 7 heteroatoms. The van der Waals surface area contributed by atoms with E-state index in [1.54, 1.807) is 19.9 Å². The highest BCUT2D eigenvalue weighted by Gasteiger charge is 2.30. The molecule has 22 heavy (non-hydrogen) atoms. The second-order valence-corrected chi connectivity index (χ2v) is 6.97. The molecular formula is C15H23NO5S. The number of carbonyl (C=O) groups is 1. The summed E-state index contributed by atoms with van der Waals surface area (Å²) >= 11 is 0. The molecule has 0 aliphatic rings. The molecule has 1 atom stereocenters. The average molecular weight is 329 g/mol. The second kappa shape index (κ2) is 7.11. The van der Waals surface area contributed by atoms with Crippen molar-refractivity contribution in [3.63, 3.8) is 0 Å². The molecule has 0 bridgehead atoms. The number of carboxylic acids is 1. The molecular weight excluding hydrogens is 306 g/mol. The Hall–Kier alpha value is -1.60. The quantitative estimate of drug-likeness (QED) is 0.800. The number of nitrogens with one attached hydrogen (secondary N) is 1. The molecule has 0 saturated heterocycles. The van der Waals surface area contributed by atoms with Crippen molar-refractivity contribution >= 4 is 16.0 Å². The van der Waals surface area contributed by atoms with Crippen LogP contribution in [0, 0.1) is 13.8 Å². The van der Waals surface area contributed by atoms with Crippen molar-refractivity contribution < 1.29 is 23.1 Å². The number of methoxy groups -OCH3 is 1. The van der Waals surface area contributed by atoms with Gasteiger partial charge < -0.3 is 9.84 Å². The highest BCUT2D eigenvalue weighted by molar-refractivity contribution is 7.89. The van der Waals surface area contributed by atoms with Crippen LogP contribution in [0.4, 0.5) is 0 Å². The van der Waals surface area contributed by atoms with Crippen LogP contribution in [0.3, 0.4) is 0 Å². The van der Waals surface area contributed by atoms with E-state index in [0.717, 1.165) is 0 Å². The fourth-order valence-corrected chi connectivity index (χ4v) is 3.94. The molecule has 0 saturated carbocycles. The van der Waals surface area contributed by atoms with Crippen LogP contribution in [0.15, 0.2) is 11.0 Å². The topological polar surface area (TPSA) is 92.7 Å². The smallest absolute Gasteiger partial charge is 0.311 e. The third-order valence-electron chi connectivity index (χ3n) is 3.70. The zero-order valence-electron chi connectivity index (χ0n) is 13.6. The minimum atomic E-state index is -3.68. The minimum Gasteiger partial charge on any atom is -0.496 e. The first kappa shape index (κ1) is 18.4. The Morgan fingerprint density at radius 1 is 1.41 bits per heavy atom. The highest BCUT2D eigenvalue weighted by Crippen LogP contribution is 2.38. The number of aliphatic carboxylic acids is 1. The summed E-state index contributed by atoms with van der Waals surface area (Å²) in [6.07, 6.45) is 1.08. The van der Waals surface area contributed by atoms with Crippen LogP contribution >= 0.6 is 0 Å². The van der Waals surface area contributed by atoms with Crippen LogP contribution in [-0.2, 0) is 14.8 Å². The summed E-state index contributed by atoms with van der Waals surface area (Å²) in [6.45, 7) is 5.18. The van der Waals surface area contributed by atoms with E-state index in [2.05, 4.69) is 4.72 Å². The first-order valence-electron chi connectivity index (χ1n) is 7.05. The molecule has 1 unspecified atom stereocenters. The number of carboxylic acid groups (broad SMARTS) is 1. The Kier molecular flexibility index (Phi) is 5.96. The number of hydrogen-bond acceptors (Lipinski definition) is 4. The molecule has 0 aliphatic heterocycles. The van der Waals surface area contributed by atoms with Gasteiger partial charge >= 0.3 is 5.97 Å². The van der Waals surface area contributed by atoms with Gasteiger partial charge in [-0.1, -0.05) is 13.3 Å². The van der Waals surface area contributed by atoms with Gasteiger partial charge in [0.1, 0.15) is 5.75 Å². The van der Waals surface area contributed by atoms with Crippen LogP contribution in [0.5, 0.6) is 5.75 Å². The zero-order chi connectivity index (χ0) is 17.1. The standard InChI is InChI=1S/C15H23NO5S/c1-6-7-11(15(17)18)13-10(3)14(22(19,20)16-4)9(2)8-12(13)21-5/h8,11,16H,6-7H2,1-5H3,(H,17,18). The summed E-state index contributed by atoms with van der Waals surface area (Å²) in [5, 5.41) is 9.50. The lowest BCUT2D eigenvalue weighted by atomic mass is 9.89. The number of aryl methyl sites for hydroxylation is 1. The summed E-state index contributed by atoms with van der Waals surface area (Å²) in [4.78, 5) is 11.7. The van der Waals surface area contributed by atoms with E-state index < -0.39 is 21.9 Å². The van der Waals surface area contributed by atoms with Crippen molar-refractivity contribution in [1.82, 2.24) is 4.72 Å². The van der Waals surface area contributed by atoms with Gasteiger partial charge in [0.05, 0.1) is 17.9 Å². The first-order valence-corrected chi connectivity index (χ1v) is 8.53. The molecule has 1 aromatic carbocycles. The van der Waals surface area contributed by atoms with Crippen LogP contribution in [0.25, 0.3) is 0 Å². The number of rotatable bonds is 7. The summed E-state index contributed by atoms with van der Waals surface area (Å²) in [6, 6.07) is 1.58. The molecule has 124 valence electrons. The van der Waals surface area contributed by atoms with Gasteiger partial charge in [0.15, 0.2) is 0 Å². The van der Waals surface area contributed by atoms with Crippen molar-refractivity contribution in [3.05, 3.63) is 22.8 Å². The number of benzene rings is 1. The summed E-state index contributed by atoms with van der Waals surface area (Å²) in [5.74, 6) is -1.38. The molecule has 0 spiro atoms. The third kappa shape index (κ3) is 3.41. The van der Waals surface area contributed by atoms with Crippen LogP contribution in [-0.4, -0.2) is 33.7 Å². The van der Waals surface area contributed by atoms with Gasteiger partial charge in [0.25, 0.3) is 0 Å².